The lowest BCUT2D eigenvalue weighted by Gasteiger charge is -2.30. The maximum Gasteiger partial charge on any atom is 0.0540 e. The molecule has 0 unspecified atom stereocenters. The van der Waals surface area contributed by atoms with Crippen LogP contribution in [0.3, 0.4) is 0 Å². The van der Waals surface area contributed by atoms with E-state index in [0.717, 1.165) is 40.4 Å². The third-order valence-electron chi connectivity index (χ3n) is 18.3. The molecule has 85 heavy (non-hydrogen) atoms. The largest absolute Gasteiger partial charge is 0.310 e. The van der Waals surface area contributed by atoms with Gasteiger partial charge in [0.2, 0.25) is 0 Å². The molecule has 0 saturated carbocycles. The van der Waals surface area contributed by atoms with Crippen LogP contribution in [0.15, 0.2) is 279 Å². The summed E-state index contributed by atoms with van der Waals surface area (Å²) in [7, 11) is 0. The van der Waals surface area contributed by atoms with E-state index >= 15 is 0 Å². The first kappa shape index (κ1) is 51.6. The first-order valence-corrected chi connectivity index (χ1v) is 29.8. The average molecular weight is 1090 g/mol. The number of allylic oxidation sites excluding steroid dienone is 4. The number of hydrogen-bond donors (Lipinski definition) is 0. The summed E-state index contributed by atoms with van der Waals surface area (Å²) in [5, 5.41) is 12.5. The summed E-state index contributed by atoms with van der Waals surface area (Å²) in [6, 6.07) is 91.5. The molecule has 406 valence electrons. The molecule has 0 saturated heterocycles. The van der Waals surface area contributed by atoms with Gasteiger partial charge < -0.3 is 9.80 Å². The molecule has 0 amide bonds. The molecular weight excluding hydrogens is 1020 g/mol. The fourth-order valence-corrected chi connectivity index (χ4v) is 13.8. The fourth-order valence-electron chi connectivity index (χ4n) is 13.8. The molecule has 15 rings (SSSR count). The Morgan fingerprint density at radius 2 is 0.847 bits per heavy atom. The Morgan fingerprint density at radius 3 is 1.45 bits per heavy atom. The molecule has 13 aromatic carbocycles. The maximum absolute atomic E-state index is 4.68. The standard InChI is InChI=1S/C83H64N2/c1-55-30-43-66(84(64-22-8-6-9-23-64)78-28-16-20-58-18-12-14-26-69(58)78)50-51-82(2,3)75-52-56(33-45-68(55)75)31-35-60-37-39-62-42-48-72-61(38-40-63-41-47-71(60)80(62)81(63)72)36-32-57-34-46-73-74-49-44-67(54-77(74)83(4,5)76(73)53-57)85(65-24-10-7-11-25-65)79-29-17-21-59-19-13-15-27-70(59)79/h6-50,52-54H,1,51H2,2-5H3/b35-31+,36-32+,43-30-,66-50+. The molecule has 2 nitrogen and oxygen atoms in total. The van der Waals surface area contributed by atoms with E-state index in [-0.39, 0.29) is 10.8 Å². The van der Waals surface area contributed by atoms with E-state index in [2.05, 4.69) is 335 Å². The number of nitrogens with zero attached hydrogens (tertiary/aromatic N) is 2. The molecule has 2 aliphatic rings. The lowest BCUT2D eigenvalue weighted by atomic mass is 9.77. The highest BCUT2D eigenvalue weighted by Crippen LogP contribution is 2.52. The zero-order valence-electron chi connectivity index (χ0n) is 48.5. The smallest absolute Gasteiger partial charge is 0.0540 e. The van der Waals surface area contributed by atoms with E-state index in [4.69, 9.17) is 0 Å². The second-order valence-corrected chi connectivity index (χ2v) is 24.3. The van der Waals surface area contributed by atoms with Crippen LogP contribution in [-0.4, -0.2) is 0 Å². The van der Waals surface area contributed by atoms with Gasteiger partial charge in [0.1, 0.15) is 0 Å². The summed E-state index contributed by atoms with van der Waals surface area (Å²) >= 11 is 0. The monoisotopic (exact) mass is 1090 g/mol. The van der Waals surface area contributed by atoms with Gasteiger partial charge in [-0.05, 0) is 171 Å². The van der Waals surface area contributed by atoms with Crippen molar-refractivity contribution in [2.75, 3.05) is 9.80 Å². The second kappa shape index (κ2) is 20.6. The number of rotatable bonds is 10. The number of fused-ring (bicyclic) bond motifs is 6. The highest BCUT2D eigenvalue weighted by atomic mass is 15.2. The quantitative estimate of drug-likeness (QED) is 0.0995. The summed E-state index contributed by atoms with van der Waals surface area (Å²) in [5.74, 6) is 0. The van der Waals surface area contributed by atoms with Gasteiger partial charge in [-0.3, -0.25) is 0 Å². The Hall–Kier alpha value is -10.3. The predicted octanol–water partition coefficient (Wildman–Crippen LogP) is 23.0. The average Bonchev–Trinajstić information content (AvgIpc) is 2.20. The molecule has 0 aromatic heterocycles. The van der Waals surface area contributed by atoms with Gasteiger partial charge in [0, 0.05) is 38.9 Å². The van der Waals surface area contributed by atoms with Crippen molar-refractivity contribution in [3.63, 3.8) is 0 Å². The molecule has 2 heteroatoms. The van der Waals surface area contributed by atoms with E-state index in [1.54, 1.807) is 0 Å². The first-order valence-electron chi connectivity index (χ1n) is 29.8. The van der Waals surface area contributed by atoms with Crippen LogP contribution >= 0.6 is 0 Å². The molecule has 0 bridgehead atoms. The minimum absolute atomic E-state index is 0.196. The van der Waals surface area contributed by atoms with Crippen LogP contribution in [0.1, 0.15) is 78.6 Å². The number of hydrogen-bond acceptors (Lipinski definition) is 2. The topological polar surface area (TPSA) is 6.48 Å². The van der Waals surface area contributed by atoms with Crippen molar-refractivity contribution in [1.29, 1.82) is 0 Å². The van der Waals surface area contributed by atoms with Crippen LogP contribution < -0.4 is 9.80 Å². The zero-order chi connectivity index (χ0) is 57.4. The number of para-hydroxylation sites is 2. The molecule has 0 atom stereocenters. The van der Waals surface area contributed by atoms with Gasteiger partial charge in [0.15, 0.2) is 0 Å². The Bertz CT molecular complexity index is 4920. The summed E-state index contributed by atoms with van der Waals surface area (Å²) in [4.78, 5) is 4.82. The third kappa shape index (κ3) is 8.96. The second-order valence-electron chi connectivity index (χ2n) is 24.3. The maximum atomic E-state index is 4.68. The highest BCUT2D eigenvalue weighted by Gasteiger charge is 2.36. The van der Waals surface area contributed by atoms with Gasteiger partial charge in [-0.15, -0.1) is 0 Å². The molecule has 0 radical (unpaired) electrons. The van der Waals surface area contributed by atoms with Gasteiger partial charge in [-0.1, -0.05) is 271 Å². The SMILES string of the molecule is C=C1/C=C\C(N(c2ccccc2)c2cccc3ccccc23)=C/CC(C)(C)c2cc(/C=C/c3ccc4ccc5c(/C=C/c6ccc7c(c6)C(C)(C)c6cc(N(c8ccccc8)c8cccc9ccccc89)ccc6-7)ccc6ccc3c4c65)ccc21. The van der Waals surface area contributed by atoms with Crippen molar-refractivity contribution in [2.24, 2.45) is 0 Å². The van der Waals surface area contributed by atoms with Crippen molar-refractivity contribution in [3.8, 4) is 11.1 Å². The lowest BCUT2D eigenvalue weighted by molar-refractivity contribution is 0.531. The highest BCUT2D eigenvalue weighted by molar-refractivity contribution is 6.25. The molecule has 0 heterocycles. The van der Waals surface area contributed by atoms with Crippen LogP contribution in [0.2, 0.25) is 0 Å². The lowest BCUT2D eigenvalue weighted by Crippen LogP contribution is -2.20. The van der Waals surface area contributed by atoms with Crippen LogP contribution in [0.5, 0.6) is 0 Å². The third-order valence-corrected chi connectivity index (χ3v) is 18.3. The van der Waals surface area contributed by atoms with Crippen LogP contribution in [0.4, 0.5) is 28.4 Å². The molecule has 0 fully saturated rings. The van der Waals surface area contributed by atoms with Gasteiger partial charge in [0.05, 0.1) is 11.4 Å². The summed E-state index contributed by atoms with van der Waals surface area (Å²) < 4.78 is 0. The van der Waals surface area contributed by atoms with Crippen molar-refractivity contribution in [3.05, 3.63) is 324 Å². The van der Waals surface area contributed by atoms with E-state index < -0.39 is 0 Å². The van der Waals surface area contributed by atoms with E-state index in [0.29, 0.717) is 0 Å². The molecule has 13 aromatic rings. The fraction of sp³-hybridized carbons (Fsp3) is 0.0843. The van der Waals surface area contributed by atoms with Crippen LogP contribution in [-0.2, 0) is 10.8 Å². The number of benzene rings is 13. The summed E-state index contributed by atoms with van der Waals surface area (Å²) in [6.07, 6.45) is 16.9. The Kier molecular flexibility index (Phi) is 12.5. The Labute approximate surface area is 498 Å². The zero-order valence-corrected chi connectivity index (χ0v) is 48.5. The van der Waals surface area contributed by atoms with Crippen molar-refractivity contribution >= 4 is 112 Å². The molecular formula is C83H64N2. The Balaban J connectivity index is 0.723. The first-order chi connectivity index (χ1) is 41.6. The van der Waals surface area contributed by atoms with Crippen LogP contribution in [0, 0.1) is 0 Å². The Morgan fingerprint density at radius 1 is 0.365 bits per heavy atom. The summed E-state index contributed by atoms with van der Waals surface area (Å²) in [5.41, 5.74) is 20.0. The molecule has 0 aliphatic heterocycles. The molecule has 0 N–H and O–H groups in total. The molecule has 0 spiro atoms. The normalized spacial score (nSPS) is 15.4. The van der Waals surface area contributed by atoms with Gasteiger partial charge in [-0.2, -0.15) is 0 Å². The van der Waals surface area contributed by atoms with E-state index in [9.17, 15) is 0 Å². The van der Waals surface area contributed by atoms with E-state index in [1.165, 1.54) is 115 Å². The minimum Gasteiger partial charge on any atom is -0.310 e. The molecule has 2 aliphatic carbocycles. The summed E-state index contributed by atoms with van der Waals surface area (Å²) in [6.45, 7) is 14.2. The van der Waals surface area contributed by atoms with Gasteiger partial charge >= 0.3 is 0 Å². The van der Waals surface area contributed by atoms with Crippen molar-refractivity contribution in [1.82, 2.24) is 0 Å². The van der Waals surface area contributed by atoms with E-state index in [1.807, 2.05) is 0 Å². The predicted molar refractivity (Wildman–Crippen MR) is 367 cm³/mol. The van der Waals surface area contributed by atoms with Crippen molar-refractivity contribution < 1.29 is 0 Å². The van der Waals surface area contributed by atoms with Crippen LogP contribution in [0.25, 0.3) is 94.9 Å². The van der Waals surface area contributed by atoms with Crippen molar-refractivity contribution in [2.45, 2.75) is 44.9 Å². The minimum atomic E-state index is -0.209. The van der Waals surface area contributed by atoms with Gasteiger partial charge in [-0.25, -0.2) is 0 Å². The number of anilines is 5. The van der Waals surface area contributed by atoms with Gasteiger partial charge in [0.25, 0.3) is 0 Å².